The van der Waals surface area contributed by atoms with Gasteiger partial charge in [0.05, 0.1) is 17.4 Å². The van der Waals surface area contributed by atoms with Gasteiger partial charge in [-0.15, -0.1) is 10.2 Å². The number of rotatable bonds is 4. The van der Waals surface area contributed by atoms with Gasteiger partial charge in [-0.1, -0.05) is 6.92 Å². The number of pyridine rings is 2. The second kappa shape index (κ2) is 6.95. The van der Waals surface area contributed by atoms with Gasteiger partial charge in [0.25, 0.3) is 0 Å². The average Bonchev–Trinajstić information content (AvgIpc) is 3.01. The van der Waals surface area contributed by atoms with Gasteiger partial charge < -0.3 is 9.58 Å². The quantitative estimate of drug-likeness (QED) is 0.556. The lowest BCUT2D eigenvalue weighted by molar-refractivity contribution is -0.137. The lowest BCUT2D eigenvalue weighted by atomic mass is 10.1. The molecule has 3 heterocycles. The number of anilines is 1. The zero-order chi connectivity index (χ0) is 19.8. The highest BCUT2D eigenvalue weighted by molar-refractivity contribution is 5.63. The van der Waals surface area contributed by atoms with Crippen molar-refractivity contribution in [2.75, 3.05) is 12.1 Å². The molecule has 7 nitrogen and oxygen atoms in total. The second-order valence-corrected chi connectivity index (χ2v) is 6.00. The van der Waals surface area contributed by atoms with Gasteiger partial charge in [0, 0.05) is 20.3 Å². The molecule has 0 spiro atoms. The average molecular weight is 377 g/mol. The van der Waals surface area contributed by atoms with Gasteiger partial charge in [0.2, 0.25) is 0 Å². The first-order chi connectivity index (χ1) is 12.7. The fraction of sp³-hybridized carbons (Fsp3) is 0.294. The predicted molar refractivity (Wildman–Crippen MR) is 94.4 cm³/mol. The molecule has 0 aliphatic carbocycles. The Bertz CT molecular complexity index is 963. The number of hydrogen-bond acceptors (Lipinski definition) is 6. The van der Waals surface area contributed by atoms with Gasteiger partial charge in [-0.2, -0.15) is 13.2 Å². The molecule has 27 heavy (non-hydrogen) atoms. The summed E-state index contributed by atoms with van der Waals surface area (Å²) in [6.45, 7) is 1.96. The summed E-state index contributed by atoms with van der Waals surface area (Å²) in [7, 11) is 3.37. The standard InChI is InChI=1S/C17H18F3N7/c1-4-10-7-12(27(3)21)9-23-14(10)16-25-24-15(26(16)2)13-8-11(5-6-22-13)17(18,19)20/h5-9H,4,21H2,1-3H3. The molecule has 0 atom stereocenters. The van der Waals surface area contributed by atoms with E-state index < -0.39 is 11.7 Å². The molecule has 0 aromatic carbocycles. The molecule has 3 aromatic rings. The van der Waals surface area contributed by atoms with Crippen LogP contribution in [0.25, 0.3) is 23.0 Å². The maximum atomic E-state index is 13.0. The van der Waals surface area contributed by atoms with E-state index >= 15 is 0 Å². The Hall–Kier alpha value is -3.01. The fourth-order valence-corrected chi connectivity index (χ4v) is 2.65. The molecule has 0 unspecified atom stereocenters. The first-order valence-electron chi connectivity index (χ1n) is 8.13. The highest BCUT2D eigenvalue weighted by Gasteiger charge is 2.31. The number of aromatic nitrogens is 5. The number of halogens is 3. The number of aryl methyl sites for hydroxylation is 1. The van der Waals surface area contributed by atoms with Crippen molar-refractivity contribution >= 4 is 5.69 Å². The minimum absolute atomic E-state index is 0.0856. The second-order valence-electron chi connectivity index (χ2n) is 6.00. The summed E-state index contributed by atoms with van der Waals surface area (Å²) in [4.78, 5) is 8.42. The van der Waals surface area contributed by atoms with E-state index in [2.05, 4.69) is 20.2 Å². The topological polar surface area (TPSA) is 85.8 Å². The molecule has 0 aliphatic heterocycles. The Morgan fingerprint density at radius 1 is 1.15 bits per heavy atom. The van der Waals surface area contributed by atoms with Crippen molar-refractivity contribution in [1.29, 1.82) is 0 Å². The minimum atomic E-state index is -4.46. The van der Waals surface area contributed by atoms with Crippen molar-refractivity contribution in [3.63, 3.8) is 0 Å². The third kappa shape index (κ3) is 3.61. The molecule has 0 radical (unpaired) electrons. The van der Waals surface area contributed by atoms with Crippen LogP contribution >= 0.6 is 0 Å². The third-order valence-electron chi connectivity index (χ3n) is 4.14. The van der Waals surface area contributed by atoms with Crippen LogP contribution in [-0.4, -0.2) is 31.8 Å². The molecule has 0 saturated heterocycles. The Morgan fingerprint density at radius 2 is 1.85 bits per heavy atom. The summed E-state index contributed by atoms with van der Waals surface area (Å²) in [5, 5.41) is 9.60. The number of hydrazine groups is 1. The molecule has 0 bridgehead atoms. The number of alkyl halides is 3. The first-order valence-corrected chi connectivity index (χ1v) is 8.13. The first kappa shape index (κ1) is 18.8. The van der Waals surface area contributed by atoms with Gasteiger partial charge in [0.15, 0.2) is 11.6 Å². The molecule has 142 valence electrons. The van der Waals surface area contributed by atoms with Crippen LogP contribution in [0.2, 0.25) is 0 Å². The van der Waals surface area contributed by atoms with Gasteiger partial charge in [-0.25, -0.2) is 5.84 Å². The summed E-state index contributed by atoms with van der Waals surface area (Å²) in [5.74, 6) is 6.40. The van der Waals surface area contributed by atoms with E-state index in [-0.39, 0.29) is 11.5 Å². The van der Waals surface area contributed by atoms with Gasteiger partial charge in [-0.05, 0) is 30.2 Å². The van der Waals surface area contributed by atoms with Gasteiger partial charge in [-0.3, -0.25) is 9.97 Å². The smallest absolute Gasteiger partial charge is 0.313 e. The van der Waals surface area contributed by atoms with E-state index in [1.165, 1.54) is 5.01 Å². The van der Waals surface area contributed by atoms with E-state index in [1.807, 2.05) is 13.0 Å². The molecular weight excluding hydrogens is 359 g/mol. The Labute approximate surface area is 153 Å². The predicted octanol–water partition coefficient (Wildman–Crippen LogP) is 2.83. The Kier molecular flexibility index (Phi) is 4.83. The van der Waals surface area contributed by atoms with Crippen molar-refractivity contribution in [3.05, 3.63) is 41.7 Å². The van der Waals surface area contributed by atoms with E-state index in [0.717, 1.165) is 29.6 Å². The van der Waals surface area contributed by atoms with Crippen LogP contribution in [0.5, 0.6) is 0 Å². The molecule has 0 saturated carbocycles. The van der Waals surface area contributed by atoms with Crippen LogP contribution in [0.3, 0.4) is 0 Å². The highest BCUT2D eigenvalue weighted by atomic mass is 19.4. The lowest BCUT2D eigenvalue weighted by Gasteiger charge is -2.14. The maximum Gasteiger partial charge on any atom is 0.416 e. The molecule has 2 N–H and O–H groups in total. The summed E-state index contributed by atoms with van der Waals surface area (Å²) in [5.41, 5.74) is 1.51. The molecular formula is C17H18F3N7. The van der Waals surface area contributed by atoms with E-state index in [9.17, 15) is 13.2 Å². The SMILES string of the molecule is CCc1cc(N(C)N)cnc1-c1nnc(-c2cc(C(F)(F)F)ccn2)n1C. The summed E-state index contributed by atoms with van der Waals surface area (Å²) >= 11 is 0. The van der Waals surface area contributed by atoms with Crippen molar-refractivity contribution in [2.24, 2.45) is 12.9 Å². The number of nitrogens with two attached hydrogens (primary N) is 1. The normalized spacial score (nSPS) is 11.7. The van der Waals surface area contributed by atoms with Crippen molar-refractivity contribution < 1.29 is 13.2 Å². The molecule has 10 heteroatoms. The lowest BCUT2D eigenvalue weighted by Crippen LogP contribution is -2.25. The third-order valence-corrected chi connectivity index (χ3v) is 4.14. The van der Waals surface area contributed by atoms with Gasteiger partial charge >= 0.3 is 6.18 Å². The van der Waals surface area contributed by atoms with Crippen LogP contribution in [0.4, 0.5) is 18.9 Å². The summed E-state index contributed by atoms with van der Waals surface area (Å²) in [6.07, 6.45) is -1.08. The van der Waals surface area contributed by atoms with Crippen LogP contribution in [0.15, 0.2) is 30.6 Å². The van der Waals surface area contributed by atoms with Gasteiger partial charge in [0.1, 0.15) is 11.4 Å². The molecule has 0 aliphatic rings. The van der Waals surface area contributed by atoms with Crippen LogP contribution in [0.1, 0.15) is 18.1 Å². The maximum absolute atomic E-state index is 13.0. The van der Waals surface area contributed by atoms with E-state index in [0.29, 0.717) is 17.9 Å². The monoisotopic (exact) mass is 377 g/mol. The molecule has 3 aromatic heterocycles. The Balaban J connectivity index is 2.07. The number of nitrogens with zero attached hydrogens (tertiary/aromatic N) is 6. The fourth-order valence-electron chi connectivity index (χ4n) is 2.65. The molecule has 3 rings (SSSR count). The summed E-state index contributed by atoms with van der Waals surface area (Å²) in [6, 6.07) is 3.76. The molecule has 0 fully saturated rings. The number of hydrogen-bond donors (Lipinski definition) is 1. The van der Waals surface area contributed by atoms with Crippen molar-refractivity contribution in [1.82, 2.24) is 24.7 Å². The van der Waals surface area contributed by atoms with Crippen molar-refractivity contribution in [3.8, 4) is 23.0 Å². The van der Waals surface area contributed by atoms with Crippen molar-refractivity contribution in [2.45, 2.75) is 19.5 Å². The molecule has 0 amide bonds. The zero-order valence-corrected chi connectivity index (χ0v) is 15.0. The zero-order valence-electron chi connectivity index (χ0n) is 15.0. The highest BCUT2D eigenvalue weighted by Crippen LogP contribution is 2.31. The van der Waals surface area contributed by atoms with Crippen LogP contribution in [-0.2, 0) is 19.6 Å². The van der Waals surface area contributed by atoms with Crippen LogP contribution < -0.4 is 10.9 Å². The van der Waals surface area contributed by atoms with E-state index in [4.69, 9.17) is 5.84 Å². The largest absolute Gasteiger partial charge is 0.416 e. The summed E-state index contributed by atoms with van der Waals surface area (Å²) < 4.78 is 40.5. The Morgan fingerprint density at radius 3 is 2.48 bits per heavy atom. The van der Waals surface area contributed by atoms with Crippen LogP contribution in [0, 0.1) is 0 Å². The minimum Gasteiger partial charge on any atom is -0.313 e. The van der Waals surface area contributed by atoms with E-state index in [1.54, 1.807) is 24.9 Å².